The molecule has 0 fully saturated rings. The van der Waals surface area contributed by atoms with Crippen LogP contribution in [0.5, 0.6) is 0 Å². The summed E-state index contributed by atoms with van der Waals surface area (Å²) in [5, 5.41) is 19.5. The van der Waals surface area contributed by atoms with E-state index in [-0.39, 0.29) is 29.9 Å². The molecule has 182 valence electrons. The minimum absolute atomic E-state index is 0. The Hall–Kier alpha value is -1.43. The second kappa shape index (κ2) is 15.0. The standard InChI is InChI=1S/C22H14Cl6N6.HI/c23-16-4-1-13(19(26)7-16)10-29-32-22(33-30-11-14-2-5-17(24)8-20(14)27)34-31-12-15-3-6-18(25)9-21(15)28;/h1-12H,(H2,32,33,34);1H. The lowest BCUT2D eigenvalue weighted by Crippen LogP contribution is -3.00. The summed E-state index contributed by atoms with van der Waals surface area (Å²) in [6.07, 6.45) is 4.55. The fraction of sp³-hybridized carbons (Fsp3) is 0. The van der Waals surface area contributed by atoms with Crippen LogP contribution in [0.15, 0.2) is 75.0 Å². The van der Waals surface area contributed by atoms with E-state index >= 15 is 0 Å². The molecule has 3 rings (SSSR count). The number of hydrogen-bond acceptors (Lipinski definition) is 4. The van der Waals surface area contributed by atoms with Gasteiger partial charge in [-0.05, 0) is 36.4 Å². The first-order chi connectivity index (χ1) is 16.3. The van der Waals surface area contributed by atoms with Crippen LogP contribution in [0.2, 0.25) is 30.1 Å². The number of nitrogens with two attached hydrogens (primary N) is 1. The number of benzene rings is 3. The third-order valence-electron chi connectivity index (χ3n) is 4.04. The Balaban J connectivity index is 0.00000432. The first-order valence-electron chi connectivity index (χ1n) is 9.43. The van der Waals surface area contributed by atoms with E-state index in [9.17, 15) is 0 Å². The maximum absolute atomic E-state index is 6.17. The molecule has 0 saturated heterocycles. The number of quaternary nitrogens is 1. The van der Waals surface area contributed by atoms with Gasteiger partial charge in [0, 0.05) is 31.8 Å². The van der Waals surface area contributed by atoms with Crippen LogP contribution in [-0.2, 0) is 0 Å². The van der Waals surface area contributed by atoms with Gasteiger partial charge in [-0.1, -0.05) is 98.0 Å². The van der Waals surface area contributed by atoms with Crippen molar-refractivity contribution < 1.29 is 29.4 Å². The average molecular weight is 703 g/mol. The second-order valence-electron chi connectivity index (χ2n) is 6.50. The van der Waals surface area contributed by atoms with Crippen LogP contribution in [-0.4, -0.2) is 24.6 Å². The minimum atomic E-state index is 0. The summed E-state index contributed by atoms with van der Waals surface area (Å²) < 4.78 is 0. The maximum atomic E-state index is 6.17. The van der Waals surface area contributed by atoms with Gasteiger partial charge in [0.05, 0.1) is 33.7 Å². The molecule has 0 bridgehead atoms. The van der Waals surface area contributed by atoms with Crippen LogP contribution in [0.25, 0.3) is 0 Å². The van der Waals surface area contributed by atoms with Crippen molar-refractivity contribution in [2.45, 2.75) is 0 Å². The average Bonchev–Trinajstić information content (AvgIpc) is 2.77. The van der Waals surface area contributed by atoms with Crippen LogP contribution < -0.4 is 34.8 Å². The summed E-state index contributed by atoms with van der Waals surface area (Å²) in [6.45, 7) is 0. The van der Waals surface area contributed by atoms with Gasteiger partial charge in [0.2, 0.25) is 0 Å². The lowest BCUT2D eigenvalue weighted by atomic mass is 10.2. The summed E-state index contributed by atoms with van der Waals surface area (Å²) in [5.41, 5.74) is 6.16. The molecule has 0 aliphatic heterocycles. The summed E-state index contributed by atoms with van der Waals surface area (Å²) in [5.74, 6) is 0.226. The summed E-state index contributed by atoms with van der Waals surface area (Å²) in [4.78, 5) is 0. The van der Waals surface area contributed by atoms with E-state index in [2.05, 4.69) is 25.8 Å². The monoisotopic (exact) mass is 700 g/mol. The van der Waals surface area contributed by atoms with Crippen molar-refractivity contribution in [3.8, 4) is 0 Å². The van der Waals surface area contributed by atoms with Gasteiger partial charge in [0.15, 0.2) is 0 Å². The predicted octanol–water partition coefficient (Wildman–Crippen LogP) is 3.52. The summed E-state index contributed by atoms with van der Waals surface area (Å²) >= 11 is 36.3. The molecule has 3 aromatic carbocycles. The normalized spacial score (nSPS) is 12.0. The van der Waals surface area contributed by atoms with Gasteiger partial charge < -0.3 is 24.0 Å². The zero-order valence-corrected chi connectivity index (χ0v) is 24.1. The maximum Gasteiger partial charge on any atom is 0.365 e. The molecule has 0 aliphatic rings. The Labute approximate surface area is 249 Å². The third-order valence-corrected chi connectivity index (χ3v) is 5.73. The molecule has 0 radical (unpaired) electrons. The van der Waals surface area contributed by atoms with E-state index in [1.165, 1.54) is 17.9 Å². The van der Waals surface area contributed by atoms with Gasteiger partial charge in [-0.25, -0.2) is 5.43 Å². The zero-order chi connectivity index (χ0) is 24.5. The fourth-order valence-electron chi connectivity index (χ4n) is 2.41. The van der Waals surface area contributed by atoms with E-state index in [1.54, 1.807) is 60.8 Å². The van der Waals surface area contributed by atoms with Crippen LogP contribution in [0.4, 0.5) is 0 Å². The van der Waals surface area contributed by atoms with Gasteiger partial charge in [-0.15, -0.1) is 0 Å². The van der Waals surface area contributed by atoms with E-state index in [0.717, 1.165) is 0 Å². The Kier molecular flexibility index (Phi) is 12.7. The van der Waals surface area contributed by atoms with Crippen molar-refractivity contribution in [2.24, 2.45) is 20.4 Å². The Morgan fingerprint density at radius 3 is 1.60 bits per heavy atom. The number of rotatable bonds is 6. The molecular formula is C22H15Cl6IN6. The number of nitrogens with one attached hydrogen (secondary N) is 1. The van der Waals surface area contributed by atoms with Crippen molar-refractivity contribution >= 4 is 94.2 Å². The Morgan fingerprint density at radius 1 is 0.657 bits per heavy atom. The molecule has 0 amide bonds. The van der Waals surface area contributed by atoms with Crippen molar-refractivity contribution in [2.75, 3.05) is 0 Å². The van der Waals surface area contributed by atoms with E-state index in [4.69, 9.17) is 69.6 Å². The molecule has 0 atom stereocenters. The quantitative estimate of drug-likeness (QED) is 0.133. The van der Waals surface area contributed by atoms with Gasteiger partial charge in [0.25, 0.3) is 0 Å². The largest absolute Gasteiger partial charge is 1.00 e. The summed E-state index contributed by atoms with van der Waals surface area (Å²) in [7, 11) is 0. The predicted molar refractivity (Wildman–Crippen MR) is 145 cm³/mol. The minimum Gasteiger partial charge on any atom is -1.00 e. The number of halogens is 7. The van der Waals surface area contributed by atoms with Crippen LogP contribution in [0.3, 0.4) is 0 Å². The number of hydrogen-bond donors (Lipinski definition) is 2. The van der Waals surface area contributed by atoms with Crippen molar-refractivity contribution in [1.82, 2.24) is 5.43 Å². The fourth-order valence-corrected chi connectivity index (χ4v) is 3.78. The second-order valence-corrected chi connectivity index (χ2v) is 9.04. The van der Waals surface area contributed by atoms with Crippen LogP contribution >= 0.6 is 69.6 Å². The van der Waals surface area contributed by atoms with Gasteiger partial charge in [-0.2, -0.15) is 15.6 Å². The van der Waals surface area contributed by atoms with Crippen molar-refractivity contribution in [3.63, 3.8) is 0 Å². The number of nitrogens with zero attached hydrogens (tertiary/aromatic N) is 4. The Morgan fingerprint density at radius 2 is 1.11 bits per heavy atom. The molecule has 35 heavy (non-hydrogen) atoms. The van der Waals surface area contributed by atoms with E-state index in [1.807, 2.05) is 0 Å². The lowest BCUT2D eigenvalue weighted by Gasteiger charge is -2.00. The number of guanidine groups is 1. The van der Waals surface area contributed by atoms with Gasteiger partial charge in [-0.3, -0.25) is 0 Å². The van der Waals surface area contributed by atoms with E-state index in [0.29, 0.717) is 46.8 Å². The van der Waals surface area contributed by atoms with Gasteiger partial charge >= 0.3 is 5.96 Å². The molecule has 0 aromatic heterocycles. The molecule has 13 heteroatoms. The topological polar surface area (TPSA) is 78.1 Å². The number of hydrazone groups is 1. The van der Waals surface area contributed by atoms with Crippen molar-refractivity contribution in [1.29, 1.82) is 0 Å². The highest BCUT2D eigenvalue weighted by Gasteiger charge is 2.04. The molecule has 0 heterocycles. The molecule has 0 saturated carbocycles. The summed E-state index contributed by atoms with van der Waals surface area (Å²) in [6, 6.07) is 15.2. The molecule has 0 aliphatic carbocycles. The molecule has 3 N–H and O–H groups in total. The van der Waals surface area contributed by atoms with E-state index < -0.39 is 0 Å². The molecule has 0 spiro atoms. The highest BCUT2D eigenvalue weighted by Crippen LogP contribution is 2.21. The van der Waals surface area contributed by atoms with Crippen LogP contribution in [0.1, 0.15) is 16.7 Å². The smallest absolute Gasteiger partial charge is 0.365 e. The highest BCUT2D eigenvalue weighted by molar-refractivity contribution is 6.37. The highest BCUT2D eigenvalue weighted by atomic mass is 127. The van der Waals surface area contributed by atoms with Crippen molar-refractivity contribution in [3.05, 3.63) is 101 Å². The SMILES string of the molecule is Clc1ccc(C=N/N=C(\NN=Cc2ccc(Cl)cc2Cl)[NH2+]N=Cc2ccc(Cl)cc2Cl)c(Cl)c1.[I-]. The molecule has 0 unspecified atom stereocenters. The lowest BCUT2D eigenvalue weighted by molar-refractivity contribution is -0.549. The van der Waals surface area contributed by atoms with Crippen LogP contribution in [0, 0.1) is 0 Å². The molecule has 3 aromatic rings. The zero-order valence-electron chi connectivity index (χ0n) is 17.4. The molecular weight excluding hydrogens is 688 g/mol. The first kappa shape index (κ1) is 29.8. The molecule has 6 nitrogen and oxygen atoms in total. The third kappa shape index (κ3) is 9.86. The Bertz CT molecular complexity index is 1230. The van der Waals surface area contributed by atoms with Gasteiger partial charge in [0.1, 0.15) is 0 Å². The first-order valence-corrected chi connectivity index (χ1v) is 11.7.